The second-order valence-electron chi connectivity index (χ2n) is 4.84. The van der Waals surface area contributed by atoms with Crippen LogP contribution in [0.15, 0.2) is 42.5 Å². The zero-order chi connectivity index (χ0) is 15.0. The summed E-state index contributed by atoms with van der Waals surface area (Å²) in [6.45, 7) is 0. The molecule has 0 bridgehead atoms. The Morgan fingerprint density at radius 2 is 1.48 bits per heavy atom. The molecule has 4 nitrogen and oxygen atoms in total. The highest BCUT2D eigenvalue weighted by Crippen LogP contribution is 2.27. The molecule has 0 atom stereocenters. The zero-order valence-corrected chi connectivity index (χ0v) is 11.4. The highest BCUT2D eigenvalue weighted by molar-refractivity contribution is 6.28. The number of hydrogen-bond acceptors (Lipinski definition) is 4. The van der Waals surface area contributed by atoms with Crippen molar-refractivity contribution in [1.82, 2.24) is 0 Å². The number of fused-ring (bicyclic) bond motifs is 2. The van der Waals surface area contributed by atoms with E-state index in [1.165, 1.54) is 7.11 Å². The van der Waals surface area contributed by atoms with Crippen molar-refractivity contribution in [2.45, 2.75) is 6.42 Å². The molecule has 1 aliphatic carbocycles. The molecule has 3 rings (SSSR count). The molecule has 0 aliphatic heterocycles. The molecule has 21 heavy (non-hydrogen) atoms. The maximum Gasteiger partial charge on any atom is 0.309 e. The molecule has 0 heterocycles. The van der Waals surface area contributed by atoms with Crippen LogP contribution in [0, 0.1) is 0 Å². The third-order valence-electron chi connectivity index (χ3n) is 3.57. The smallest absolute Gasteiger partial charge is 0.309 e. The van der Waals surface area contributed by atoms with E-state index in [9.17, 15) is 14.4 Å². The van der Waals surface area contributed by atoms with Gasteiger partial charge in [-0.1, -0.05) is 36.4 Å². The van der Waals surface area contributed by atoms with Crippen molar-refractivity contribution in [2.75, 3.05) is 7.11 Å². The Kier molecular flexibility index (Phi) is 3.14. The molecular formula is C17H12O4. The first-order valence-electron chi connectivity index (χ1n) is 6.50. The van der Waals surface area contributed by atoms with E-state index in [1.54, 1.807) is 42.5 Å². The molecule has 0 radical (unpaired) electrons. The summed E-state index contributed by atoms with van der Waals surface area (Å²) in [5.74, 6) is -0.735. The fraction of sp³-hybridized carbons (Fsp3) is 0.118. The number of carbonyl (C=O) groups is 3. The summed E-state index contributed by atoms with van der Waals surface area (Å²) in [5, 5.41) is 0. The first-order valence-corrected chi connectivity index (χ1v) is 6.50. The van der Waals surface area contributed by atoms with Crippen molar-refractivity contribution in [1.29, 1.82) is 0 Å². The molecule has 0 N–H and O–H groups in total. The van der Waals surface area contributed by atoms with Gasteiger partial charge >= 0.3 is 5.97 Å². The maximum absolute atomic E-state index is 12.5. The van der Waals surface area contributed by atoms with Crippen molar-refractivity contribution in [3.8, 4) is 0 Å². The van der Waals surface area contributed by atoms with Crippen molar-refractivity contribution >= 4 is 17.5 Å². The van der Waals surface area contributed by atoms with Crippen molar-refractivity contribution in [3.05, 3.63) is 70.3 Å². The van der Waals surface area contributed by atoms with E-state index in [4.69, 9.17) is 0 Å². The van der Waals surface area contributed by atoms with Gasteiger partial charge in [-0.05, 0) is 11.6 Å². The molecule has 2 aromatic carbocycles. The highest BCUT2D eigenvalue weighted by atomic mass is 16.5. The highest BCUT2D eigenvalue weighted by Gasteiger charge is 2.29. The number of hydrogen-bond donors (Lipinski definition) is 0. The van der Waals surface area contributed by atoms with E-state index in [0.717, 1.165) is 0 Å². The molecule has 0 unspecified atom stereocenters. The largest absolute Gasteiger partial charge is 0.469 e. The van der Waals surface area contributed by atoms with Crippen LogP contribution in [0.1, 0.15) is 37.4 Å². The lowest BCUT2D eigenvalue weighted by molar-refractivity contribution is -0.139. The summed E-state index contributed by atoms with van der Waals surface area (Å²) >= 11 is 0. The van der Waals surface area contributed by atoms with Crippen molar-refractivity contribution in [2.24, 2.45) is 0 Å². The SMILES string of the molecule is COC(=O)Cc1ccc2c(c1)C(=O)c1ccccc1C2=O. The van der Waals surface area contributed by atoms with Gasteiger partial charge in [0.15, 0.2) is 11.6 Å². The van der Waals surface area contributed by atoms with Gasteiger partial charge in [-0.3, -0.25) is 14.4 Å². The number of rotatable bonds is 2. The molecule has 0 amide bonds. The Hall–Kier alpha value is -2.75. The molecule has 4 heteroatoms. The fourth-order valence-electron chi connectivity index (χ4n) is 2.50. The van der Waals surface area contributed by atoms with E-state index < -0.39 is 0 Å². The van der Waals surface area contributed by atoms with Crippen LogP contribution < -0.4 is 0 Å². The lowest BCUT2D eigenvalue weighted by atomic mass is 9.83. The quantitative estimate of drug-likeness (QED) is 0.675. The van der Waals surface area contributed by atoms with Gasteiger partial charge in [0.05, 0.1) is 13.5 Å². The van der Waals surface area contributed by atoms with Crippen LogP contribution in [0.5, 0.6) is 0 Å². The minimum atomic E-state index is -0.384. The van der Waals surface area contributed by atoms with Gasteiger partial charge < -0.3 is 4.74 Å². The van der Waals surface area contributed by atoms with E-state index in [-0.39, 0.29) is 24.0 Å². The molecule has 0 saturated heterocycles. The van der Waals surface area contributed by atoms with Gasteiger partial charge in [0, 0.05) is 22.3 Å². The summed E-state index contributed by atoms with van der Waals surface area (Å²) < 4.78 is 4.61. The van der Waals surface area contributed by atoms with Gasteiger partial charge in [0.2, 0.25) is 0 Å². The van der Waals surface area contributed by atoms with Crippen LogP contribution in [0.25, 0.3) is 0 Å². The molecule has 1 aliphatic rings. The zero-order valence-electron chi connectivity index (χ0n) is 11.4. The summed E-state index contributed by atoms with van der Waals surface area (Å²) in [5.41, 5.74) is 2.22. The van der Waals surface area contributed by atoms with Crippen LogP contribution in [0.2, 0.25) is 0 Å². The summed E-state index contributed by atoms with van der Waals surface area (Å²) in [6.07, 6.45) is 0.0763. The number of esters is 1. The second kappa shape index (κ2) is 4.98. The first-order chi connectivity index (χ1) is 10.1. The summed E-state index contributed by atoms with van der Waals surface area (Å²) in [7, 11) is 1.31. The van der Waals surface area contributed by atoms with Crippen molar-refractivity contribution in [3.63, 3.8) is 0 Å². The van der Waals surface area contributed by atoms with Crippen LogP contribution in [0.4, 0.5) is 0 Å². The summed E-state index contributed by atoms with van der Waals surface area (Å²) in [6, 6.07) is 11.6. The Morgan fingerprint density at radius 1 is 0.905 bits per heavy atom. The predicted molar refractivity (Wildman–Crippen MR) is 75.5 cm³/mol. The number of benzene rings is 2. The number of carbonyl (C=O) groups excluding carboxylic acids is 3. The van der Waals surface area contributed by atoms with Gasteiger partial charge in [-0.2, -0.15) is 0 Å². The molecule has 0 aromatic heterocycles. The molecular weight excluding hydrogens is 268 g/mol. The van der Waals surface area contributed by atoms with Gasteiger partial charge in [-0.15, -0.1) is 0 Å². The molecule has 0 spiro atoms. The molecule has 0 fully saturated rings. The normalized spacial score (nSPS) is 12.6. The van der Waals surface area contributed by atoms with Gasteiger partial charge in [0.1, 0.15) is 0 Å². The molecule has 0 saturated carbocycles. The van der Waals surface area contributed by atoms with Gasteiger partial charge in [0.25, 0.3) is 0 Å². The Bertz CT molecular complexity index is 774. The molecule has 2 aromatic rings. The molecule has 104 valence electrons. The Balaban J connectivity index is 2.09. The van der Waals surface area contributed by atoms with Gasteiger partial charge in [-0.25, -0.2) is 0 Å². The minimum Gasteiger partial charge on any atom is -0.469 e. The lowest BCUT2D eigenvalue weighted by Gasteiger charge is -2.17. The Morgan fingerprint density at radius 3 is 2.10 bits per heavy atom. The average Bonchev–Trinajstić information content (AvgIpc) is 2.52. The third kappa shape index (κ3) is 2.14. The first kappa shape index (κ1) is 13.2. The average molecular weight is 280 g/mol. The number of ketones is 2. The van der Waals surface area contributed by atoms with Crippen LogP contribution in [0.3, 0.4) is 0 Å². The lowest BCUT2D eigenvalue weighted by Crippen LogP contribution is -2.21. The summed E-state index contributed by atoms with van der Waals surface area (Å²) in [4.78, 5) is 36.2. The van der Waals surface area contributed by atoms with E-state index in [0.29, 0.717) is 27.8 Å². The maximum atomic E-state index is 12.5. The van der Waals surface area contributed by atoms with Crippen LogP contribution in [-0.2, 0) is 16.0 Å². The van der Waals surface area contributed by atoms with E-state index >= 15 is 0 Å². The van der Waals surface area contributed by atoms with Crippen molar-refractivity contribution < 1.29 is 19.1 Å². The van der Waals surface area contributed by atoms with E-state index in [1.807, 2.05) is 0 Å². The predicted octanol–water partition coefficient (Wildman–Crippen LogP) is 2.18. The van der Waals surface area contributed by atoms with E-state index in [2.05, 4.69) is 4.74 Å². The fourth-order valence-corrected chi connectivity index (χ4v) is 2.50. The minimum absolute atomic E-state index is 0.0763. The monoisotopic (exact) mass is 280 g/mol. The van der Waals surface area contributed by atoms with Crippen LogP contribution in [-0.4, -0.2) is 24.6 Å². The third-order valence-corrected chi connectivity index (χ3v) is 3.57. The number of ether oxygens (including phenoxy) is 1. The topological polar surface area (TPSA) is 60.4 Å². The Labute approximate surface area is 121 Å². The standard InChI is InChI=1S/C17H12O4/c1-21-15(18)9-10-6-7-13-14(8-10)17(20)12-5-3-2-4-11(12)16(13)19/h2-8H,9H2,1H3. The van der Waals surface area contributed by atoms with Crippen LogP contribution >= 0.6 is 0 Å². The second-order valence-corrected chi connectivity index (χ2v) is 4.84. The number of methoxy groups -OCH3 is 1.